The van der Waals surface area contributed by atoms with Gasteiger partial charge in [0, 0.05) is 16.7 Å². The van der Waals surface area contributed by atoms with Crippen LogP contribution >= 0.6 is 0 Å². The molecule has 12 nitrogen and oxygen atoms in total. The van der Waals surface area contributed by atoms with Gasteiger partial charge in [-0.2, -0.15) is 0 Å². The van der Waals surface area contributed by atoms with E-state index in [0.29, 0.717) is 0 Å². The van der Waals surface area contributed by atoms with Crippen LogP contribution in [-0.2, 0) is 28.6 Å². The van der Waals surface area contributed by atoms with Gasteiger partial charge in [0.15, 0.2) is 0 Å². The summed E-state index contributed by atoms with van der Waals surface area (Å²) in [6.45, 7) is 11.2. The van der Waals surface area contributed by atoms with E-state index in [2.05, 4.69) is 16.0 Å². The van der Waals surface area contributed by atoms with Crippen molar-refractivity contribution in [3.8, 4) is 0 Å². The van der Waals surface area contributed by atoms with Crippen molar-refractivity contribution < 1.29 is 43.0 Å². The second-order valence-electron chi connectivity index (χ2n) is 11.3. The molecule has 0 aliphatic carbocycles. The first-order valence-electron chi connectivity index (χ1n) is 13.9. The monoisotopic (exact) mass is 591 g/mol. The second-order valence-corrected chi connectivity index (χ2v) is 11.3. The Labute approximate surface area is 247 Å². The van der Waals surface area contributed by atoms with Gasteiger partial charge in [-0.15, -0.1) is 0 Å². The molecule has 1 rings (SSSR count). The summed E-state index contributed by atoms with van der Waals surface area (Å²) in [7, 11) is 3.62. The average molecular weight is 592 g/mol. The number of benzene rings is 1. The Hall–Kier alpha value is -3.96. The summed E-state index contributed by atoms with van der Waals surface area (Å²) in [6, 6.07) is 0.841. The zero-order valence-electron chi connectivity index (χ0n) is 26.0. The fourth-order valence-corrected chi connectivity index (χ4v) is 4.23. The van der Waals surface area contributed by atoms with Crippen LogP contribution in [0.2, 0.25) is 0 Å². The maximum Gasteiger partial charge on any atom is 0.328 e. The zero-order chi connectivity index (χ0) is 32.1. The second kappa shape index (κ2) is 17.1. The summed E-state index contributed by atoms with van der Waals surface area (Å²) in [6.07, 6.45) is 0.869. The van der Waals surface area contributed by atoms with Crippen molar-refractivity contribution in [3.05, 3.63) is 34.9 Å². The highest BCUT2D eigenvalue weighted by molar-refractivity contribution is 6.06. The summed E-state index contributed by atoms with van der Waals surface area (Å²) in [5.74, 6) is -4.00. The number of esters is 3. The number of hydrogen-bond acceptors (Lipinski definition) is 9. The fraction of sp³-hybridized carbons (Fsp3) is 0.600. The molecule has 0 heterocycles. The Bertz CT molecular complexity index is 981. The third kappa shape index (κ3) is 11.5. The molecule has 0 aliphatic heterocycles. The molecule has 234 valence electrons. The molecular weight excluding hydrogens is 546 g/mol. The average Bonchev–Trinajstić information content (AvgIpc) is 2.93. The van der Waals surface area contributed by atoms with Crippen molar-refractivity contribution in [3.63, 3.8) is 0 Å². The van der Waals surface area contributed by atoms with E-state index >= 15 is 0 Å². The molecule has 3 unspecified atom stereocenters. The maximum atomic E-state index is 13.3. The van der Waals surface area contributed by atoms with Crippen LogP contribution in [0.5, 0.6) is 0 Å². The normalized spacial score (nSPS) is 13.1. The lowest BCUT2D eigenvalue weighted by atomic mass is 9.99. The number of ether oxygens (including phenoxy) is 3. The minimum Gasteiger partial charge on any atom is -0.467 e. The van der Waals surface area contributed by atoms with E-state index in [-0.39, 0.29) is 53.7 Å². The molecule has 0 fully saturated rings. The molecule has 12 heteroatoms. The third-order valence-corrected chi connectivity index (χ3v) is 6.21. The quantitative estimate of drug-likeness (QED) is 0.205. The Morgan fingerprint density at radius 1 is 0.500 bits per heavy atom. The largest absolute Gasteiger partial charge is 0.467 e. The molecule has 0 aliphatic rings. The van der Waals surface area contributed by atoms with E-state index < -0.39 is 53.8 Å². The van der Waals surface area contributed by atoms with Gasteiger partial charge in [-0.1, -0.05) is 41.5 Å². The summed E-state index contributed by atoms with van der Waals surface area (Å²) < 4.78 is 14.5. The van der Waals surface area contributed by atoms with Crippen molar-refractivity contribution in [2.24, 2.45) is 17.8 Å². The number of carbonyl (C=O) groups excluding carboxylic acids is 6. The molecule has 0 spiro atoms. The number of nitrogens with one attached hydrogen (secondary N) is 3. The van der Waals surface area contributed by atoms with Crippen LogP contribution in [0.1, 0.15) is 91.9 Å². The molecule has 0 aromatic heterocycles. The first-order chi connectivity index (χ1) is 19.6. The Morgan fingerprint density at radius 3 is 0.881 bits per heavy atom. The van der Waals surface area contributed by atoms with Gasteiger partial charge in [-0.05, 0) is 55.2 Å². The highest BCUT2D eigenvalue weighted by Crippen LogP contribution is 2.16. The molecule has 0 bridgehead atoms. The van der Waals surface area contributed by atoms with Gasteiger partial charge < -0.3 is 30.2 Å². The van der Waals surface area contributed by atoms with Crippen molar-refractivity contribution in [1.82, 2.24) is 16.0 Å². The number of rotatable bonds is 15. The standard InChI is InChI=1S/C30H45N3O9/c1-16(2)10-22(28(37)40-7)31-25(34)19-13-20(26(35)32-23(11-17(3)4)29(38)41-8)15-21(14-19)27(36)33-24(12-18(5)6)30(39)42-9/h13-18,22-24H,10-12H2,1-9H3,(H,31,34)(H,32,35)(H,33,36). The minimum absolute atomic E-state index is 0.0419. The molecule has 0 saturated carbocycles. The first kappa shape index (κ1) is 36.1. The topological polar surface area (TPSA) is 166 Å². The van der Waals surface area contributed by atoms with E-state index in [4.69, 9.17) is 14.2 Å². The van der Waals surface area contributed by atoms with Gasteiger partial charge in [-0.25, -0.2) is 14.4 Å². The number of amides is 3. The predicted octanol–water partition coefficient (Wildman–Crippen LogP) is 2.64. The maximum absolute atomic E-state index is 13.3. The van der Waals surface area contributed by atoms with Gasteiger partial charge in [0.1, 0.15) is 18.1 Å². The fourth-order valence-electron chi connectivity index (χ4n) is 4.23. The number of hydrogen-bond donors (Lipinski definition) is 3. The van der Waals surface area contributed by atoms with Crippen LogP contribution in [0.3, 0.4) is 0 Å². The van der Waals surface area contributed by atoms with Gasteiger partial charge in [0.25, 0.3) is 17.7 Å². The molecule has 3 amide bonds. The van der Waals surface area contributed by atoms with E-state index in [1.54, 1.807) is 0 Å². The van der Waals surface area contributed by atoms with Crippen LogP contribution in [0, 0.1) is 17.8 Å². The van der Waals surface area contributed by atoms with Crippen LogP contribution in [-0.4, -0.2) is 75.1 Å². The summed E-state index contributed by atoms with van der Waals surface area (Å²) in [5.41, 5.74) is -0.285. The molecule has 1 aromatic carbocycles. The van der Waals surface area contributed by atoms with E-state index in [1.807, 2.05) is 41.5 Å². The van der Waals surface area contributed by atoms with Crippen molar-refractivity contribution in [2.75, 3.05) is 21.3 Å². The van der Waals surface area contributed by atoms with E-state index in [9.17, 15) is 28.8 Å². The molecule has 0 radical (unpaired) electrons. The molecule has 3 atom stereocenters. The Kier molecular flexibility index (Phi) is 14.7. The van der Waals surface area contributed by atoms with Crippen LogP contribution in [0.15, 0.2) is 18.2 Å². The summed E-state index contributed by atoms with van der Waals surface area (Å²) >= 11 is 0. The SMILES string of the molecule is COC(=O)C(CC(C)C)NC(=O)c1cc(C(=O)NC(CC(C)C)C(=O)OC)cc(C(=O)NC(CC(C)C)C(=O)OC)c1. The van der Waals surface area contributed by atoms with E-state index in [1.165, 1.54) is 39.5 Å². The lowest BCUT2D eigenvalue weighted by Crippen LogP contribution is -2.44. The van der Waals surface area contributed by atoms with Gasteiger partial charge in [0.05, 0.1) is 21.3 Å². The van der Waals surface area contributed by atoms with Crippen LogP contribution in [0.25, 0.3) is 0 Å². The number of methoxy groups -OCH3 is 3. The summed E-state index contributed by atoms with van der Waals surface area (Å²) in [4.78, 5) is 76.9. The van der Waals surface area contributed by atoms with Crippen LogP contribution < -0.4 is 16.0 Å². The van der Waals surface area contributed by atoms with Gasteiger partial charge in [-0.3, -0.25) is 14.4 Å². The summed E-state index contributed by atoms with van der Waals surface area (Å²) in [5, 5.41) is 7.83. The van der Waals surface area contributed by atoms with Gasteiger partial charge in [0.2, 0.25) is 0 Å². The molecule has 1 aromatic rings. The van der Waals surface area contributed by atoms with E-state index in [0.717, 1.165) is 0 Å². The molecule has 42 heavy (non-hydrogen) atoms. The number of carbonyl (C=O) groups is 6. The van der Waals surface area contributed by atoms with Crippen molar-refractivity contribution in [1.29, 1.82) is 0 Å². The van der Waals surface area contributed by atoms with Gasteiger partial charge >= 0.3 is 17.9 Å². The minimum atomic E-state index is -0.971. The Balaban J connectivity index is 3.56. The molecular formula is C30H45N3O9. The molecule has 0 saturated heterocycles. The highest BCUT2D eigenvalue weighted by atomic mass is 16.5. The smallest absolute Gasteiger partial charge is 0.328 e. The lowest BCUT2D eigenvalue weighted by molar-refractivity contribution is -0.144. The Morgan fingerprint density at radius 2 is 0.714 bits per heavy atom. The third-order valence-electron chi connectivity index (χ3n) is 6.21. The molecule has 3 N–H and O–H groups in total. The lowest BCUT2D eigenvalue weighted by Gasteiger charge is -2.21. The zero-order valence-corrected chi connectivity index (χ0v) is 26.0. The highest BCUT2D eigenvalue weighted by Gasteiger charge is 2.28. The first-order valence-corrected chi connectivity index (χ1v) is 13.9. The van der Waals surface area contributed by atoms with Crippen molar-refractivity contribution >= 4 is 35.6 Å². The van der Waals surface area contributed by atoms with Crippen molar-refractivity contribution in [2.45, 2.75) is 78.9 Å². The van der Waals surface area contributed by atoms with Crippen LogP contribution in [0.4, 0.5) is 0 Å². The predicted molar refractivity (Wildman–Crippen MR) is 155 cm³/mol.